The fourth-order valence-corrected chi connectivity index (χ4v) is 1.71. The maximum atomic E-state index is 6.15. The molecule has 74 valence electrons. The molecule has 0 atom stereocenters. The van der Waals surface area contributed by atoms with Crippen LogP contribution in [-0.2, 0) is 0 Å². The summed E-state index contributed by atoms with van der Waals surface area (Å²) in [6, 6.07) is 5.99. The lowest BCUT2D eigenvalue weighted by molar-refractivity contribution is 0.951. The Morgan fingerprint density at radius 1 is 1.43 bits per heavy atom. The van der Waals surface area contributed by atoms with Gasteiger partial charge in [-0.3, -0.25) is 4.99 Å². The quantitative estimate of drug-likeness (QED) is 0.753. The van der Waals surface area contributed by atoms with E-state index in [0.717, 1.165) is 41.5 Å². The Balaban J connectivity index is 2.20. The summed E-state index contributed by atoms with van der Waals surface area (Å²) in [6.45, 7) is 2.94. The smallest absolute Gasteiger partial charge is 0.101 e. The molecule has 3 heteroatoms. The van der Waals surface area contributed by atoms with Crippen molar-refractivity contribution < 1.29 is 0 Å². The van der Waals surface area contributed by atoms with E-state index < -0.39 is 0 Å². The molecule has 14 heavy (non-hydrogen) atoms. The standard InChI is InChI=1S/C11H13ClN2/c1-8-4-2-5-9(11(8)12)14-10-6-3-7-13-10/h2,4-5H,3,6-7H2,1H3,(H,13,14). The number of hydrogen-bond acceptors (Lipinski definition) is 2. The van der Waals surface area contributed by atoms with E-state index in [4.69, 9.17) is 11.6 Å². The summed E-state index contributed by atoms with van der Waals surface area (Å²) in [7, 11) is 0. The average molecular weight is 209 g/mol. The molecule has 0 aliphatic carbocycles. The molecule has 0 aromatic heterocycles. The van der Waals surface area contributed by atoms with Crippen LogP contribution >= 0.6 is 11.6 Å². The first kappa shape index (κ1) is 9.53. The Bertz CT molecular complexity index is 372. The van der Waals surface area contributed by atoms with E-state index in [2.05, 4.69) is 10.3 Å². The van der Waals surface area contributed by atoms with E-state index in [1.165, 1.54) is 0 Å². The Morgan fingerprint density at radius 3 is 3.00 bits per heavy atom. The number of aryl methyl sites for hydroxylation is 1. The number of anilines is 1. The summed E-state index contributed by atoms with van der Waals surface area (Å²) < 4.78 is 0. The molecule has 0 radical (unpaired) electrons. The van der Waals surface area contributed by atoms with Gasteiger partial charge in [0.15, 0.2) is 0 Å². The number of hydrogen-bond donors (Lipinski definition) is 1. The van der Waals surface area contributed by atoms with Gasteiger partial charge >= 0.3 is 0 Å². The molecular weight excluding hydrogens is 196 g/mol. The summed E-state index contributed by atoms with van der Waals surface area (Å²) in [4.78, 5) is 4.35. The molecule has 0 amide bonds. The van der Waals surface area contributed by atoms with Crippen LogP contribution in [-0.4, -0.2) is 12.4 Å². The molecule has 0 bridgehead atoms. The van der Waals surface area contributed by atoms with Crippen LogP contribution in [0.2, 0.25) is 5.02 Å². The second-order valence-electron chi connectivity index (χ2n) is 3.49. The van der Waals surface area contributed by atoms with Gasteiger partial charge in [-0.15, -0.1) is 0 Å². The highest BCUT2D eigenvalue weighted by molar-refractivity contribution is 6.34. The Morgan fingerprint density at radius 2 is 2.29 bits per heavy atom. The van der Waals surface area contributed by atoms with Crippen molar-refractivity contribution >= 4 is 23.1 Å². The molecule has 0 spiro atoms. The minimum Gasteiger partial charge on any atom is -0.343 e. The minimum absolute atomic E-state index is 0.794. The molecule has 1 aromatic carbocycles. The van der Waals surface area contributed by atoms with Crippen LogP contribution in [0.25, 0.3) is 0 Å². The normalized spacial score (nSPS) is 15.4. The summed E-state index contributed by atoms with van der Waals surface area (Å²) in [5.41, 5.74) is 2.06. The van der Waals surface area contributed by atoms with Gasteiger partial charge in [0.25, 0.3) is 0 Å². The topological polar surface area (TPSA) is 24.4 Å². The molecule has 1 aliphatic rings. The Hall–Kier alpha value is -1.02. The molecule has 1 aliphatic heterocycles. The molecule has 1 aromatic rings. The van der Waals surface area contributed by atoms with Crippen molar-refractivity contribution in [3.63, 3.8) is 0 Å². The highest BCUT2D eigenvalue weighted by atomic mass is 35.5. The van der Waals surface area contributed by atoms with Gasteiger partial charge in [-0.2, -0.15) is 0 Å². The van der Waals surface area contributed by atoms with Crippen LogP contribution in [0.4, 0.5) is 5.69 Å². The number of amidine groups is 1. The van der Waals surface area contributed by atoms with E-state index in [9.17, 15) is 0 Å². The fourth-order valence-electron chi connectivity index (χ4n) is 1.54. The third-order valence-corrected chi connectivity index (χ3v) is 2.85. The van der Waals surface area contributed by atoms with Crippen molar-refractivity contribution in [3.05, 3.63) is 28.8 Å². The average Bonchev–Trinajstić information content (AvgIpc) is 2.66. The maximum Gasteiger partial charge on any atom is 0.101 e. The van der Waals surface area contributed by atoms with Crippen molar-refractivity contribution in [2.24, 2.45) is 4.99 Å². The van der Waals surface area contributed by atoms with Crippen LogP contribution in [0, 0.1) is 6.92 Å². The van der Waals surface area contributed by atoms with Gasteiger partial charge < -0.3 is 5.32 Å². The molecular formula is C11H13ClN2. The first-order chi connectivity index (χ1) is 6.77. The SMILES string of the molecule is Cc1cccc(NC2=NCCC2)c1Cl. The van der Waals surface area contributed by atoms with Crippen LogP contribution in [0.5, 0.6) is 0 Å². The number of nitrogens with zero attached hydrogens (tertiary/aromatic N) is 1. The predicted octanol–water partition coefficient (Wildman–Crippen LogP) is 3.25. The van der Waals surface area contributed by atoms with Crippen LogP contribution < -0.4 is 5.32 Å². The van der Waals surface area contributed by atoms with Gasteiger partial charge in [0.2, 0.25) is 0 Å². The number of rotatable bonds is 1. The van der Waals surface area contributed by atoms with E-state index >= 15 is 0 Å². The first-order valence-corrected chi connectivity index (χ1v) is 5.20. The lowest BCUT2D eigenvalue weighted by Gasteiger charge is -2.09. The van der Waals surface area contributed by atoms with Gasteiger partial charge in [0, 0.05) is 13.0 Å². The second-order valence-corrected chi connectivity index (χ2v) is 3.87. The number of halogens is 1. The van der Waals surface area contributed by atoms with Gasteiger partial charge in [-0.05, 0) is 25.0 Å². The van der Waals surface area contributed by atoms with Gasteiger partial charge in [-0.25, -0.2) is 0 Å². The number of benzene rings is 1. The molecule has 1 N–H and O–H groups in total. The summed E-state index contributed by atoms with van der Waals surface area (Å²) in [6.07, 6.45) is 2.18. The maximum absolute atomic E-state index is 6.15. The molecule has 1 heterocycles. The lowest BCUT2D eigenvalue weighted by atomic mass is 10.2. The van der Waals surface area contributed by atoms with Crippen molar-refractivity contribution in [1.29, 1.82) is 0 Å². The summed E-state index contributed by atoms with van der Waals surface area (Å²) in [5, 5.41) is 4.06. The zero-order valence-corrected chi connectivity index (χ0v) is 8.93. The lowest BCUT2D eigenvalue weighted by Crippen LogP contribution is -2.08. The largest absolute Gasteiger partial charge is 0.343 e. The van der Waals surface area contributed by atoms with Crippen LogP contribution in [0.1, 0.15) is 18.4 Å². The number of aliphatic imine (C=N–C) groups is 1. The van der Waals surface area contributed by atoms with Gasteiger partial charge in [-0.1, -0.05) is 23.7 Å². The molecule has 2 nitrogen and oxygen atoms in total. The summed E-state index contributed by atoms with van der Waals surface area (Å²) in [5.74, 6) is 1.05. The van der Waals surface area contributed by atoms with Crippen molar-refractivity contribution in [2.45, 2.75) is 19.8 Å². The zero-order chi connectivity index (χ0) is 9.97. The molecule has 0 unspecified atom stereocenters. The highest BCUT2D eigenvalue weighted by Gasteiger charge is 2.08. The van der Waals surface area contributed by atoms with Crippen molar-refractivity contribution in [3.8, 4) is 0 Å². The van der Waals surface area contributed by atoms with Crippen molar-refractivity contribution in [1.82, 2.24) is 0 Å². The van der Waals surface area contributed by atoms with E-state index in [1.54, 1.807) is 0 Å². The van der Waals surface area contributed by atoms with E-state index in [1.807, 2.05) is 25.1 Å². The van der Waals surface area contributed by atoms with Crippen LogP contribution in [0.15, 0.2) is 23.2 Å². The Kier molecular flexibility index (Phi) is 2.73. The van der Waals surface area contributed by atoms with Gasteiger partial charge in [0.1, 0.15) is 5.84 Å². The zero-order valence-electron chi connectivity index (χ0n) is 8.18. The highest BCUT2D eigenvalue weighted by Crippen LogP contribution is 2.25. The molecule has 2 rings (SSSR count). The van der Waals surface area contributed by atoms with Crippen LogP contribution in [0.3, 0.4) is 0 Å². The minimum atomic E-state index is 0.794. The monoisotopic (exact) mass is 208 g/mol. The number of nitrogens with one attached hydrogen (secondary N) is 1. The van der Waals surface area contributed by atoms with Gasteiger partial charge in [0.05, 0.1) is 10.7 Å². The first-order valence-electron chi connectivity index (χ1n) is 4.83. The third-order valence-electron chi connectivity index (χ3n) is 2.35. The third kappa shape index (κ3) is 1.90. The fraction of sp³-hybridized carbons (Fsp3) is 0.364. The van der Waals surface area contributed by atoms with E-state index in [-0.39, 0.29) is 0 Å². The predicted molar refractivity (Wildman–Crippen MR) is 61.3 cm³/mol. The molecule has 0 fully saturated rings. The summed E-state index contributed by atoms with van der Waals surface area (Å²) >= 11 is 6.15. The van der Waals surface area contributed by atoms with Crippen molar-refractivity contribution in [2.75, 3.05) is 11.9 Å². The second kappa shape index (κ2) is 4.01. The molecule has 0 saturated carbocycles. The Labute approximate surface area is 89.0 Å². The molecule has 0 saturated heterocycles. The van der Waals surface area contributed by atoms with E-state index in [0.29, 0.717) is 0 Å².